The van der Waals surface area contributed by atoms with Crippen LogP contribution in [0.25, 0.3) is 0 Å². The van der Waals surface area contributed by atoms with Gasteiger partial charge in [0.25, 0.3) is 0 Å². The van der Waals surface area contributed by atoms with E-state index in [1.54, 1.807) is 14.0 Å². The fourth-order valence-electron chi connectivity index (χ4n) is 1.90. The topological polar surface area (TPSA) is 21.3 Å². The predicted octanol–water partition coefficient (Wildman–Crippen LogP) is 3.35. The molecule has 4 heteroatoms. The molecule has 1 N–H and O–H groups in total. The van der Waals surface area contributed by atoms with Crippen molar-refractivity contribution in [3.8, 4) is 0 Å². The van der Waals surface area contributed by atoms with Crippen molar-refractivity contribution in [3.63, 3.8) is 0 Å². The van der Waals surface area contributed by atoms with E-state index in [2.05, 4.69) is 5.32 Å². The SMILES string of the molecule is CCCNC(CCOC)c1c(F)ccc(C)c1F. The number of benzene rings is 1. The van der Waals surface area contributed by atoms with Crippen molar-refractivity contribution in [2.45, 2.75) is 32.7 Å². The van der Waals surface area contributed by atoms with Crippen molar-refractivity contribution in [2.75, 3.05) is 20.3 Å². The second-order valence-electron chi connectivity index (χ2n) is 4.38. The molecule has 0 amide bonds. The van der Waals surface area contributed by atoms with Gasteiger partial charge < -0.3 is 10.1 Å². The summed E-state index contributed by atoms with van der Waals surface area (Å²) in [6.45, 7) is 4.85. The molecule has 1 atom stereocenters. The Labute approximate surface area is 107 Å². The molecule has 0 heterocycles. The van der Waals surface area contributed by atoms with Crippen molar-refractivity contribution in [2.24, 2.45) is 0 Å². The smallest absolute Gasteiger partial charge is 0.133 e. The van der Waals surface area contributed by atoms with Gasteiger partial charge in [0.05, 0.1) is 0 Å². The molecular weight excluding hydrogens is 236 g/mol. The first-order valence-corrected chi connectivity index (χ1v) is 6.28. The summed E-state index contributed by atoms with van der Waals surface area (Å²) in [5.74, 6) is -0.956. The maximum atomic E-state index is 14.0. The van der Waals surface area contributed by atoms with E-state index in [1.165, 1.54) is 12.1 Å². The fraction of sp³-hybridized carbons (Fsp3) is 0.571. The second kappa shape index (κ2) is 7.44. The van der Waals surface area contributed by atoms with Gasteiger partial charge in [-0.05, 0) is 37.9 Å². The van der Waals surface area contributed by atoms with Crippen molar-refractivity contribution in [1.82, 2.24) is 5.32 Å². The molecule has 0 saturated carbocycles. The third kappa shape index (κ3) is 3.75. The summed E-state index contributed by atoms with van der Waals surface area (Å²) in [5.41, 5.74) is 0.590. The number of hydrogen-bond acceptors (Lipinski definition) is 2. The molecule has 0 saturated heterocycles. The molecular formula is C14H21F2NO. The molecule has 0 bridgehead atoms. The van der Waals surface area contributed by atoms with E-state index in [0.29, 0.717) is 18.6 Å². The minimum absolute atomic E-state index is 0.125. The summed E-state index contributed by atoms with van der Waals surface area (Å²) >= 11 is 0. The standard InChI is InChI=1S/C14H21F2NO/c1-4-8-17-12(7-9-18-3)13-11(15)6-5-10(2)14(13)16/h5-6,12,17H,4,7-9H2,1-3H3. The van der Waals surface area contributed by atoms with Crippen molar-refractivity contribution < 1.29 is 13.5 Å². The monoisotopic (exact) mass is 257 g/mol. The van der Waals surface area contributed by atoms with E-state index in [1.807, 2.05) is 6.92 Å². The number of aryl methyl sites for hydroxylation is 1. The minimum atomic E-state index is -0.497. The lowest BCUT2D eigenvalue weighted by molar-refractivity contribution is 0.181. The van der Waals surface area contributed by atoms with E-state index in [9.17, 15) is 8.78 Å². The van der Waals surface area contributed by atoms with E-state index < -0.39 is 11.6 Å². The zero-order chi connectivity index (χ0) is 13.5. The Morgan fingerprint density at radius 1 is 1.33 bits per heavy atom. The highest BCUT2D eigenvalue weighted by Crippen LogP contribution is 2.25. The molecule has 0 radical (unpaired) electrons. The van der Waals surface area contributed by atoms with Gasteiger partial charge >= 0.3 is 0 Å². The average molecular weight is 257 g/mol. The molecule has 0 fully saturated rings. The fourth-order valence-corrected chi connectivity index (χ4v) is 1.90. The zero-order valence-electron chi connectivity index (χ0n) is 11.2. The van der Waals surface area contributed by atoms with Crippen molar-refractivity contribution in [1.29, 1.82) is 0 Å². The highest BCUT2D eigenvalue weighted by Gasteiger charge is 2.20. The molecule has 0 aromatic heterocycles. The lowest BCUT2D eigenvalue weighted by atomic mass is 10.00. The lowest BCUT2D eigenvalue weighted by Gasteiger charge is -2.20. The first kappa shape index (κ1) is 15.1. The first-order chi connectivity index (χ1) is 8.61. The molecule has 1 aromatic rings. The van der Waals surface area contributed by atoms with Gasteiger partial charge in [0.1, 0.15) is 11.6 Å². The summed E-state index contributed by atoms with van der Waals surface area (Å²) in [6, 6.07) is 2.44. The molecule has 18 heavy (non-hydrogen) atoms. The molecule has 102 valence electrons. The molecule has 1 aromatic carbocycles. The van der Waals surface area contributed by atoms with Crippen LogP contribution in [0, 0.1) is 18.6 Å². The van der Waals surface area contributed by atoms with Gasteiger partial charge in [-0.1, -0.05) is 13.0 Å². The largest absolute Gasteiger partial charge is 0.385 e. The number of ether oxygens (including phenoxy) is 1. The molecule has 0 aliphatic heterocycles. The number of rotatable bonds is 7. The minimum Gasteiger partial charge on any atom is -0.385 e. The second-order valence-corrected chi connectivity index (χ2v) is 4.38. The van der Waals surface area contributed by atoms with Gasteiger partial charge in [0.15, 0.2) is 0 Å². The van der Waals surface area contributed by atoms with Crippen LogP contribution in [0.4, 0.5) is 8.78 Å². The van der Waals surface area contributed by atoms with Crippen LogP contribution in [0.15, 0.2) is 12.1 Å². The summed E-state index contributed by atoms with van der Waals surface area (Å²) in [4.78, 5) is 0. The van der Waals surface area contributed by atoms with Gasteiger partial charge in [-0.2, -0.15) is 0 Å². The Kier molecular flexibility index (Phi) is 6.22. The lowest BCUT2D eigenvalue weighted by Crippen LogP contribution is -2.25. The zero-order valence-corrected chi connectivity index (χ0v) is 11.2. The maximum Gasteiger partial charge on any atom is 0.133 e. The summed E-state index contributed by atoms with van der Waals surface area (Å²) in [5, 5.41) is 3.17. The third-order valence-corrected chi connectivity index (χ3v) is 2.92. The van der Waals surface area contributed by atoms with Crippen LogP contribution < -0.4 is 5.32 Å². The number of halogens is 2. The predicted molar refractivity (Wildman–Crippen MR) is 68.6 cm³/mol. The number of methoxy groups -OCH3 is 1. The molecule has 2 nitrogen and oxygen atoms in total. The van der Waals surface area contributed by atoms with Crippen LogP contribution in [0.3, 0.4) is 0 Å². The van der Waals surface area contributed by atoms with E-state index in [4.69, 9.17) is 4.74 Å². The van der Waals surface area contributed by atoms with Crippen molar-refractivity contribution in [3.05, 3.63) is 34.9 Å². The normalized spacial score (nSPS) is 12.7. The molecule has 0 spiro atoms. The van der Waals surface area contributed by atoms with Crippen LogP contribution in [0.1, 0.15) is 36.9 Å². The van der Waals surface area contributed by atoms with Crippen LogP contribution in [0.5, 0.6) is 0 Å². The maximum absolute atomic E-state index is 14.0. The van der Waals surface area contributed by atoms with Crippen molar-refractivity contribution >= 4 is 0 Å². The quantitative estimate of drug-likeness (QED) is 0.808. The number of nitrogens with one attached hydrogen (secondary N) is 1. The van der Waals surface area contributed by atoms with Crippen LogP contribution in [0.2, 0.25) is 0 Å². The first-order valence-electron chi connectivity index (χ1n) is 6.28. The van der Waals surface area contributed by atoms with Gasteiger partial charge in [-0.15, -0.1) is 0 Å². The van der Waals surface area contributed by atoms with E-state index in [-0.39, 0.29) is 11.6 Å². The summed E-state index contributed by atoms with van der Waals surface area (Å²) in [7, 11) is 1.58. The average Bonchev–Trinajstić information content (AvgIpc) is 2.36. The van der Waals surface area contributed by atoms with Crippen LogP contribution in [-0.4, -0.2) is 20.3 Å². The van der Waals surface area contributed by atoms with Gasteiger partial charge in [-0.25, -0.2) is 8.78 Å². The summed E-state index contributed by atoms with van der Waals surface area (Å²) in [6.07, 6.45) is 1.46. The van der Waals surface area contributed by atoms with E-state index >= 15 is 0 Å². The molecule has 0 aliphatic carbocycles. The number of hydrogen-bond donors (Lipinski definition) is 1. The third-order valence-electron chi connectivity index (χ3n) is 2.92. The highest BCUT2D eigenvalue weighted by atomic mass is 19.1. The van der Waals surface area contributed by atoms with Gasteiger partial charge in [0, 0.05) is 25.3 Å². The van der Waals surface area contributed by atoms with Gasteiger partial charge in [0.2, 0.25) is 0 Å². The Bertz CT molecular complexity index is 374. The Balaban J connectivity index is 2.99. The van der Waals surface area contributed by atoms with Crippen LogP contribution >= 0.6 is 0 Å². The summed E-state index contributed by atoms with van der Waals surface area (Å²) < 4.78 is 32.9. The Hall–Kier alpha value is -1.00. The van der Waals surface area contributed by atoms with E-state index in [0.717, 1.165) is 13.0 Å². The van der Waals surface area contributed by atoms with Gasteiger partial charge in [-0.3, -0.25) is 0 Å². The molecule has 1 unspecified atom stereocenters. The highest BCUT2D eigenvalue weighted by molar-refractivity contribution is 5.29. The van der Waals surface area contributed by atoms with Crippen LogP contribution in [-0.2, 0) is 4.74 Å². The Morgan fingerprint density at radius 2 is 2.06 bits per heavy atom. The molecule has 0 aliphatic rings. The molecule has 1 rings (SSSR count). The Morgan fingerprint density at radius 3 is 2.67 bits per heavy atom.